The number of hydrogen-bond acceptors (Lipinski definition) is 4. The van der Waals surface area contributed by atoms with Crippen LogP contribution in [0.4, 0.5) is 0 Å². The van der Waals surface area contributed by atoms with E-state index in [0.29, 0.717) is 10.6 Å². The smallest absolute Gasteiger partial charge is 0.323 e. The van der Waals surface area contributed by atoms with Crippen LogP contribution in [0.25, 0.3) is 0 Å². The van der Waals surface area contributed by atoms with E-state index in [2.05, 4.69) is 5.92 Å². The minimum atomic E-state index is -1.10. The van der Waals surface area contributed by atoms with Crippen molar-refractivity contribution in [1.82, 2.24) is 4.90 Å². The number of amides is 1. The second-order valence-corrected chi connectivity index (χ2v) is 4.02. The van der Waals surface area contributed by atoms with E-state index in [4.69, 9.17) is 16.3 Å². The van der Waals surface area contributed by atoms with Crippen molar-refractivity contribution < 1.29 is 19.4 Å². The number of terminal acetylenes is 1. The van der Waals surface area contributed by atoms with Gasteiger partial charge in [0.15, 0.2) is 0 Å². The zero-order valence-corrected chi connectivity index (χ0v) is 9.99. The molecule has 1 heterocycles. The number of aliphatic carboxylic acids is 1. The average Bonchev–Trinajstić information content (AvgIpc) is 2.75. The van der Waals surface area contributed by atoms with E-state index in [1.54, 1.807) is 11.4 Å². The minimum Gasteiger partial charge on any atom is -0.496 e. The fraction of sp³-hybridized carbons (Fsp3) is 0.273. The van der Waals surface area contributed by atoms with Crippen molar-refractivity contribution in [3.63, 3.8) is 0 Å². The van der Waals surface area contributed by atoms with Crippen LogP contribution in [-0.2, 0) is 4.79 Å². The Morgan fingerprint density at radius 3 is 2.82 bits per heavy atom. The van der Waals surface area contributed by atoms with E-state index in [9.17, 15) is 9.59 Å². The number of ether oxygens (including phenoxy) is 1. The molecule has 0 aromatic carbocycles. The third-order valence-electron chi connectivity index (χ3n) is 1.92. The van der Waals surface area contributed by atoms with Crippen LogP contribution in [0, 0.1) is 12.3 Å². The molecule has 1 amide bonds. The van der Waals surface area contributed by atoms with E-state index in [1.165, 1.54) is 18.4 Å². The van der Waals surface area contributed by atoms with Crippen LogP contribution in [0.3, 0.4) is 0 Å². The molecule has 5 nitrogen and oxygen atoms in total. The predicted octanol–water partition coefficient (Wildman–Crippen LogP) is 0.917. The molecule has 6 heteroatoms. The molecule has 1 N–H and O–H groups in total. The van der Waals surface area contributed by atoms with Gasteiger partial charge in [-0.25, -0.2) is 0 Å². The highest BCUT2D eigenvalue weighted by atomic mass is 32.1. The lowest BCUT2D eigenvalue weighted by atomic mass is 10.3. The SMILES string of the molecule is C#CCN(CC(=O)O)C(=O)c1cc(OC)cs1. The minimum absolute atomic E-state index is 0.0364. The molecule has 90 valence electrons. The lowest BCUT2D eigenvalue weighted by Crippen LogP contribution is -2.35. The van der Waals surface area contributed by atoms with Crippen LogP contribution in [0.15, 0.2) is 11.4 Å². The van der Waals surface area contributed by atoms with Gasteiger partial charge >= 0.3 is 5.97 Å². The number of rotatable bonds is 5. The Labute approximate surface area is 103 Å². The molecule has 0 fully saturated rings. The van der Waals surface area contributed by atoms with Gasteiger partial charge in [0.2, 0.25) is 0 Å². The number of carbonyl (C=O) groups is 2. The Hall–Kier alpha value is -2.00. The molecule has 0 atom stereocenters. The van der Waals surface area contributed by atoms with E-state index >= 15 is 0 Å². The summed E-state index contributed by atoms with van der Waals surface area (Å²) in [5, 5.41) is 10.3. The van der Waals surface area contributed by atoms with Crippen molar-refractivity contribution in [2.24, 2.45) is 0 Å². The van der Waals surface area contributed by atoms with E-state index in [1.807, 2.05) is 0 Å². The molecule has 1 aromatic heterocycles. The maximum atomic E-state index is 11.9. The molecule has 0 spiro atoms. The van der Waals surface area contributed by atoms with E-state index in [0.717, 1.165) is 4.90 Å². The van der Waals surface area contributed by atoms with Gasteiger partial charge in [-0.3, -0.25) is 9.59 Å². The lowest BCUT2D eigenvalue weighted by molar-refractivity contribution is -0.137. The van der Waals surface area contributed by atoms with Crippen molar-refractivity contribution >= 4 is 23.2 Å². The van der Waals surface area contributed by atoms with Crippen LogP contribution in [0.2, 0.25) is 0 Å². The summed E-state index contributed by atoms with van der Waals surface area (Å²) in [4.78, 5) is 24.0. The summed E-state index contributed by atoms with van der Waals surface area (Å²) in [6.07, 6.45) is 5.09. The molecular formula is C11H11NO4S. The van der Waals surface area contributed by atoms with Crippen LogP contribution < -0.4 is 4.74 Å². The first kappa shape index (κ1) is 13.1. The summed E-state index contributed by atoms with van der Waals surface area (Å²) < 4.78 is 4.95. The van der Waals surface area contributed by atoms with Crippen LogP contribution in [0.1, 0.15) is 9.67 Å². The normalized spacial score (nSPS) is 9.41. The molecule has 0 aliphatic heterocycles. The molecule has 1 aromatic rings. The van der Waals surface area contributed by atoms with Gasteiger partial charge in [-0.2, -0.15) is 0 Å². The molecule has 0 radical (unpaired) electrons. The molecule has 0 aliphatic rings. The monoisotopic (exact) mass is 253 g/mol. The topological polar surface area (TPSA) is 66.8 Å². The highest BCUT2D eigenvalue weighted by Crippen LogP contribution is 2.22. The zero-order chi connectivity index (χ0) is 12.8. The molecule has 0 bridgehead atoms. The molecular weight excluding hydrogens is 242 g/mol. The fourth-order valence-corrected chi connectivity index (χ4v) is 1.99. The molecule has 0 saturated carbocycles. The zero-order valence-electron chi connectivity index (χ0n) is 9.17. The summed E-state index contributed by atoms with van der Waals surface area (Å²) in [6, 6.07) is 1.55. The standard InChI is InChI=1S/C11H11NO4S/c1-3-4-12(6-10(13)14)11(15)9-5-8(16-2)7-17-9/h1,5,7H,4,6H2,2H3,(H,13,14). The second kappa shape index (κ2) is 5.92. The van der Waals surface area contributed by atoms with Crippen LogP contribution >= 0.6 is 11.3 Å². The third kappa shape index (κ3) is 3.50. The first-order chi connectivity index (χ1) is 8.08. The molecule has 17 heavy (non-hydrogen) atoms. The Balaban J connectivity index is 2.83. The van der Waals surface area contributed by atoms with E-state index in [-0.39, 0.29) is 6.54 Å². The summed E-state index contributed by atoms with van der Waals surface area (Å²) in [7, 11) is 1.49. The first-order valence-corrected chi connectivity index (χ1v) is 5.53. The van der Waals surface area contributed by atoms with Crippen LogP contribution in [0.5, 0.6) is 5.75 Å². The van der Waals surface area contributed by atoms with Gasteiger partial charge in [-0.05, 0) is 0 Å². The number of carbonyl (C=O) groups excluding carboxylic acids is 1. The van der Waals surface area contributed by atoms with E-state index < -0.39 is 18.4 Å². The second-order valence-electron chi connectivity index (χ2n) is 3.11. The van der Waals surface area contributed by atoms with Crippen molar-refractivity contribution in [1.29, 1.82) is 0 Å². The van der Waals surface area contributed by atoms with Crippen molar-refractivity contribution in [2.75, 3.05) is 20.2 Å². The molecule has 1 rings (SSSR count). The number of thiophene rings is 1. The predicted molar refractivity (Wildman–Crippen MR) is 63.2 cm³/mol. The molecule has 0 saturated heterocycles. The number of methoxy groups -OCH3 is 1. The number of hydrogen-bond donors (Lipinski definition) is 1. The third-order valence-corrected chi connectivity index (χ3v) is 2.81. The van der Waals surface area contributed by atoms with Gasteiger partial charge in [0, 0.05) is 11.4 Å². The van der Waals surface area contributed by atoms with Crippen molar-refractivity contribution in [2.45, 2.75) is 0 Å². The summed E-state index contributed by atoms with van der Waals surface area (Å²) >= 11 is 1.19. The maximum Gasteiger partial charge on any atom is 0.323 e. The van der Waals surface area contributed by atoms with Gasteiger partial charge in [0.1, 0.15) is 12.3 Å². The summed E-state index contributed by atoms with van der Waals surface area (Å²) in [5.74, 6) is 1.32. The number of carboxylic acids is 1. The average molecular weight is 253 g/mol. The van der Waals surface area contributed by atoms with Crippen molar-refractivity contribution in [3.8, 4) is 18.1 Å². The highest BCUT2D eigenvalue weighted by molar-refractivity contribution is 7.12. The fourth-order valence-electron chi connectivity index (χ4n) is 1.17. The maximum absolute atomic E-state index is 11.9. The first-order valence-electron chi connectivity index (χ1n) is 4.65. The van der Waals surface area contributed by atoms with Gasteiger partial charge in [-0.1, -0.05) is 5.92 Å². The van der Waals surface area contributed by atoms with Gasteiger partial charge in [0.05, 0.1) is 18.5 Å². The lowest BCUT2D eigenvalue weighted by Gasteiger charge is -2.16. The summed E-state index contributed by atoms with van der Waals surface area (Å²) in [6.45, 7) is -0.450. The Morgan fingerprint density at radius 2 is 2.35 bits per heavy atom. The van der Waals surface area contributed by atoms with Gasteiger partial charge in [-0.15, -0.1) is 17.8 Å². The summed E-state index contributed by atoms with van der Waals surface area (Å²) in [5.41, 5.74) is 0. The largest absolute Gasteiger partial charge is 0.496 e. The highest BCUT2D eigenvalue weighted by Gasteiger charge is 2.19. The number of nitrogens with zero attached hydrogens (tertiary/aromatic N) is 1. The van der Waals surface area contributed by atoms with Crippen molar-refractivity contribution in [3.05, 3.63) is 16.3 Å². The van der Waals surface area contributed by atoms with Gasteiger partial charge < -0.3 is 14.7 Å². The Kier molecular flexibility index (Phi) is 4.55. The molecule has 0 unspecified atom stereocenters. The number of carboxylic acid groups (broad SMARTS) is 1. The van der Waals surface area contributed by atoms with Gasteiger partial charge in [0.25, 0.3) is 5.91 Å². The Morgan fingerprint density at radius 1 is 1.65 bits per heavy atom. The Bertz CT molecular complexity index is 460. The van der Waals surface area contributed by atoms with Crippen LogP contribution in [-0.4, -0.2) is 42.1 Å². The molecule has 0 aliphatic carbocycles. The quantitative estimate of drug-likeness (QED) is 0.792.